The molecule has 0 amide bonds. The van der Waals surface area contributed by atoms with Gasteiger partial charge < -0.3 is 4.74 Å². The molecule has 0 bridgehead atoms. The van der Waals surface area contributed by atoms with E-state index in [1.54, 1.807) is 24.4 Å². The van der Waals surface area contributed by atoms with Gasteiger partial charge in [-0.15, -0.1) is 11.6 Å². The van der Waals surface area contributed by atoms with E-state index in [9.17, 15) is 0 Å². The summed E-state index contributed by atoms with van der Waals surface area (Å²) < 4.78 is 5.65. The van der Waals surface area contributed by atoms with Crippen molar-refractivity contribution in [2.75, 3.05) is 0 Å². The highest BCUT2D eigenvalue weighted by Gasteiger charge is 2.08. The molecule has 1 aromatic heterocycles. The standard InChI is InChI=1S/C13H10Cl3NO/c1-8-2-3-10(15)5-12(8)18-13-11(16)4-9(6-14)7-17-13/h2-5,7H,6H2,1H3. The SMILES string of the molecule is Cc1ccc(Cl)cc1Oc1ncc(CCl)cc1Cl. The molecule has 0 unspecified atom stereocenters. The Labute approximate surface area is 120 Å². The van der Waals surface area contributed by atoms with Crippen LogP contribution in [-0.2, 0) is 5.88 Å². The number of alkyl halides is 1. The van der Waals surface area contributed by atoms with Gasteiger partial charge >= 0.3 is 0 Å². The highest BCUT2D eigenvalue weighted by molar-refractivity contribution is 6.32. The van der Waals surface area contributed by atoms with Crippen molar-refractivity contribution in [3.05, 3.63) is 51.6 Å². The molecular weight excluding hydrogens is 293 g/mol. The molecule has 0 aliphatic heterocycles. The molecule has 0 saturated carbocycles. The first-order chi connectivity index (χ1) is 8.60. The van der Waals surface area contributed by atoms with Gasteiger partial charge in [0.1, 0.15) is 10.8 Å². The largest absolute Gasteiger partial charge is 0.437 e. The number of benzene rings is 1. The monoisotopic (exact) mass is 301 g/mol. The summed E-state index contributed by atoms with van der Waals surface area (Å²) in [6.45, 7) is 1.92. The highest BCUT2D eigenvalue weighted by Crippen LogP contribution is 2.31. The Balaban J connectivity index is 2.31. The second-order valence-electron chi connectivity index (χ2n) is 3.78. The summed E-state index contributed by atoms with van der Waals surface area (Å²) in [6, 6.07) is 7.13. The molecule has 2 nitrogen and oxygen atoms in total. The Hall–Kier alpha value is -0.960. The highest BCUT2D eigenvalue weighted by atomic mass is 35.5. The predicted octanol–water partition coefficient (Wildman–Crippen LogP) is 5.23. The van der Waals surface area contributed by atoms with E-state index in [0.717, 1.165) is 11.1 Å². The van der Waals surface area contributed by atoms with Gasteiger partial charge in [0.05, 0.1) is 0 Å². The number of halogens is 3. The maximum atomic E-state index is 6.07. The van der Waals surface area contributed by atoms with E-state index in [4.69, 9.17) is 39.5 Å². The Kier molecular flexibility index (Phi) is 4.33. The molecule has 0 spiro atoms. The summed E-state index contributed by atoms with van der Waals surface area (Å²) in [6.07, 6.45) is 1.63. The van der Waals surface area contributed by atoms with Crippen LogP contribution in [0.1, 0.15) is 11.1 Å². The lowest BCUT2D eigenvalue weighted by molar-refractivity contribution is 0.459. The third kappa shape index (κ3) is 3.08. The van der Waals surface area contributed by atoms with E-state index in [1.807, 2.05) is 13.0 Å². The van der Waals surface area contributed by atoms with Crippen LogP contribution in [0.15, 0.2) is 30.5 Å². The lowest BCUT2D eigenvalue weighted by Crippen LogP contribution is -1.92. The van der Waals surface area contributed by atoms with Gasteiger partial charge in [-0.3, -0.25) is 0 Å². The van der Waals surface area contributed by atoms with Crippen LogP contribution in [0.5, 0.6) is 11.6 Å². The van der Waals surface area contributed by atoms with Gasteiger partial charge in [-0.1, -0.05) is 29.3 Å². The zero-order valence-electron chi connectivity index (χ0n) is 9.58. The molecule has 18 heavy (non-hydrogen) atoms. The quantitative estimate of drug-likeness (QED) is 0.724. The molecule has 0 N–H and O–H groups in total. The smallest absolute Gasteiger partial charge is 0.238 e. The fourth-order valence-electron chi connectivity index (χ4n) is 1.40. The number of nitrogens with zero attached hydrogens (tertiary/aromatic N) is 1. The van der Waals surface area contributed by atoms with Crippen LogP contribution in [0.4, 0.5) is 0 Å². The van der Waals surface area contributed by atoms with E-state index in [0.29, 0.717) is 27.6 Å². The van der Waals surface area contributed by atoms with Gasteiger partial charge in [0.2, 0.25) is 5.88 Å². The number of rotatable bonds is 3. The minimum absolute atomic E-state index is 0.343. The van der Waals surface area contributed by atoms with Gasteiger partial charge in [-0.2, -0.15) is 0 Å². The summed E-state index contributed by atoms with van der Waals surface area (Å²) in [7, 11) is 0. The minimum atomic E-state index is 0.343. The van der Waals surface area contributed by atoms with Crippen molar-refractivity contribution in [2.24, 2.45) is 0 Å². The summed E-state index contributed by atoms with van der Waals surface area (Å²) >= 11 is 17.7. The van der Waals surface area contributed by atoms with E-state index >= 15 is 0 Å². The number of aryl methyl sites for hydroxylation is 1. The maximum Gasteiger partial charge on any atom is 0.238 e. The third-order valence-electron chi connectivity index (χ3n) is 2.38. The van der Waals surface area contributed by atoms with Crippen LogP contribution in [-0.4, -0.2) is 4.98 Å². The van der Waals surface area contributed by atoms with Crippen LogP contribution in [0.25, 0.3) is 0 Å². The van der Waals surface area contributed by atoms with Crippen molar-refractivity contribution in [2.45, 2.75) is 12.8 Å². The normalized spacial score (nSPS) is 10.4. The first kappa shape index (κ1) is 13.5. The van der Waals surface area contributed by atoms with Crippen molar-refractivity contribution in [1.29, 1.82) is 0 Å². The molecule has 1 aromatic carbocycles. The molecule has 0 saturated heterocycles. The van der Waals surface area contributed by atoms with Crippen molar-refractivity contribution in [3.63, 3.8) is 0 Å². The first-order valence-corrected chi connectivity index (χ1v) is 6.53. The molecule has 94 valence electrons. The zero-order valence-corrected chi connectivity index (χ0v) is 11.9. The summed E-state index contributed by atoms with van der Waals surface area (Å²) in [5.74, 6) is 1.34. The van der Waals surface area contributed by atoms with Crippen LogP contribution >= 0.6 is 34.8 Å². The average Bonchev–Trinajstić information content (AvgIpc) is 2.36. The minimum Gasteiger partial charge on any atom is -0.437 e. The van der Waals surface area contributed by atoms with Crippen LogP contribution in [0.2, 0.25) is 10.0 Å². The Morgan fingerprint density at radius 2 is 2.00 bits per heavy atom. The number of aromatic nitrogens is 1. The topological polar surface area (TPSA) is 22.1 Å². The van der Waals surface area contributed by atoms with Gasteiger partial charge in [-0.25, -0.2) is 4.98 Å². The Morgan fingerprint density at radius 3 is 2.67 bits per heavy atom. The molecule has 1 heterocycles. The number of hydrogen-bond donors (Lipinski definition) is 0. The van der Waals surface area contributed by atoms with Gasteiger partial charge in [-0.05, 0) is 36.2 Å². The molecule has 0 fully saturated rings. The molecule has 0 aliphatic rings. The molecule has 2 rings (SSSR count). The lowest BCUT2D eigenvalue weighted by atomic mass is 10.2. The Bertz CT molecular complexity index is 572. The van der Waals surface area contributed by atoms with Crippen LogP contribution in [0, 0.1) is 6.92 Å². The molecule has 0 aliphatic carbocycles. The van der Waals surface area contributed by atoms with Crippen LogP contribution in [0.3, 0.4) is 0 Å². The van der Waals surface area contributed by atoms with Crippen molar-refractivity contribution >= 4 is 34.8 Å². The van der Waals surface area contributed by atoms with E-state index in [-0.39, 0.29) is 0 Å². The summed E-state index contributed by atoms with van der Waals surface area (Å²) in [5, 5.41) is 1.02. The summed E-state index contributed by atoms with van der Waals surface area (Å²) in [5.41, 5.74) is 1.80. The molecule has 5 heteroatoms. The van der Waals surface area contributed by atoms with Crippen molar-refractivity contribution in [3.8, 4) is 11.6 Å². The summed E-state index contributed by atoms with van der Waals surface area (Å²) in [4.78, 5) is 4.13. The van der Waals surface area contributed by atoms with E-state index in [1.165, 1.54) is 0 Å². The fourth-order valence-corrected chi connectivity index (χ4v) is 1.94. The first-order valence-electron chi connectivity index (χ1n) is 5.24. The van der Waals surface area contributed by atoms with Crippen molar-refractivity contribution in [1.82, 2.24) is 4.98 Å². The zero-order chi connectivity index (χ0) is 13.1. The maximum absolute atomic E-state index is 6.07. The van der Waals surface area contributed by atoms with E-state index < -0.39 is 0 Å². The molecule has 0 radical (unpaired) electrons. The van der Waals surface area contributed by atoms with E-state index in [2.05, 4.69) is 4.98 Å². The van der Waals surface area contributed by atoms with Gasteiger partial charge in [0, 0.05) is 17.1 Å². The molecule has 0 atom stereocenters. The third-order valence-corrected chi connectivity index (χ3v) is 3.19. The van der Waals surface area contributed by atoms with Crippen LogP contribution < -0.4 is 4.74 Å². The average molecular weight is 303 g/mol. The Morgan fingerprint density at radius 1 is 1.22 bits per heavy atom. The van der Waals surface area contributed by atoms with Crippen molar-refractivity contribution < 1.29 is 4.74 Å². The lowest BCUT2D eigenvalue weighted by Gasteiger charge is -2.09. The second-order valence-corrected chi connectivity index (χ2v) is 4.89. The second kappa shape index (κ2) is 5.79. The number of ether oxygens (including phenoxy) is 1. The van der Waals surface area contributed by atoms with Gasteiger partial charge in [0.25, 0.3) is 0 Å². The molecule has 2 aromatic rings. The predicted molar refractivity (Wildman–Crippen MR) is 75.1 cm³/mol. The van der Waals surface area contributed by atoms with Gasteiger partial charge in [0.15, 0.2) is 0 Å². The number of pyridine rings is 1. The fraction of sp³-hybridized carbons (Fsp3) is 0.154. The number of hydrogen-bond acceptors (Lipinski definition) is 2. The molecular formula is C13H10Cl3NO.